The molecule has 2 aromatic rings. The molecule has 0 bridgehead atoms. The zero-order valence-electron chi connectivity index (χ0n) is 14.4. The topological polar surface area (TPSA) is 32.3 Å². The molecule has 0 radical (unpaired) electrons. The van der Waals surface area contributed by atoms with Gasteiger partial charge < -0.3 is 10.2 Å². The van der Waals surface area contributed by atoms with Crippen LogP contribution in [-0.2, 0) is 4.79 Å². The number of carbonyl (C=O) groups excluding carboxylic acids is 1. The summed E-state index contributed by atoms with van der Waals surface area (Å²) in [7, 11) is 3.99. The Morgan fingerprint density at radius 1 is 1.04 bits per heavy atom. The highest BCUT2D eigenvalue weighted by Crippen LogP contribution is 2.26. The SMILES string of the molecule is Cc1ccc(SC(C)C(=O)Nc2ccc(N(C)C)cc2)cc1C. The van der Waals surface area contributed by atoms with Crippen LogP contribution in [0.15, 0.2) is 47.4 Å². The Morgan fingerprint density at radius 3 is 2.26 bits per heavy atom. The molecule has 1 atom stereocenters. The fourth-order valence-corrected chi connectivity index (χ4v) is 3.10. The molecule has 122 valence electrons. The summed E-state index contributed by atoms with van der Waals surface area (Å²) in [5, 5.41) is 2.83. The van der Waals surface area contributed by atoms with Gasteiger partial charge >= 0.3 is 0 Å². The zero-order chi connectivity index (χ0) is 17.0. The van der Waals surface area contributed by atoms with Gasteiger partial charge in [0, 0.05) is 30.4 Å². The Balaban J connectivity index is 1.97. The molecular formula is C19H24N2OS. The van der Waals surface area contributed by atoms with Crippen LogP contribution in [0.4, 0.5) is 11.4 Å². The number of carbonyl (C=O) groups is 1. The molecule has 0 heterocycles. The highest BCUT2D eigenvalue weighted by atomic mass is 32.2. The third-order valence-corrected chi connectivity index (χ3v) is 4.91. The first kappa shape index (κ1) is 17.4. The Morgan fingerprint density at radius 2 is 1.70 bits per heavy atom. The first-order valence-electron chi connectivity index (χ1n) is 7.69. The number of rotatable bonds is 5. The summed E-state index contributed by atoms with van der Waals surface area (Å²) in [5.74, 6) is 0.0193. The predicted molar refractivity (Wildman–Crippen MR) is 101 cm³/mol. The highest BCUT2D eigenvalue weighted by molar-refractivity contribution is 8.00. The number of nitrogens with zero attached hydrogens (tertiary/aromatic N) is 1. The summed E-state index contributed by atoms with van der Waals surface area (Å²) < 4.78 is 0. The number of hydrogen-bond acceptors (Lipinski definition) is 3. The first-order valence-corrected chi connectivity index (χ1v) is 8.57. The van der Waals surface area contributed by atoms with Crippen LogP contribution in [0.5, 0.6) is 0 Å². The van der Waals surface area contributed by atoms with Crippen molar-refractivity contribution in [2.24, 2.45) is 0 Å². The van der Waals surface area contributed by atoms with Crippen LogP contribution in [0.1, 0.15) is 18.1 Å². The number of anilines is 2. The molecule has 3 nitrogen and oxygen atoms in total. The second-order valence-corrected chi connectivity index (χ2v) is 7.35. The van der Waals surface area contributed by atoms with E-state index in [1.54, 1.807) is 11.8 Å². The lowest BCUT2D eigenvalue weighted by Gasteiger charge is -2.15. The van der Waals surface area contributed by atoms with Crippen molar-refractivity contribution in [2.75, 3.05) is 24.3 Å². The third-order valence-electron chi connectivity index (χ3n) is 3.81. The number of aryl methyl sites for hydroxylation is 2. The molecule has 2 rings (SSSR count). The van der Waals surface area contributed by atoms with Crippen LogP contribution in [0.25, 0.3) is 0 Å². The van der Waals surface area contributed by atoms with Gasteiger partial charge in [0.05, 0.1) is 5.25 Å². The van der Waals surface area contributed by atoms with Gasteiger partial charge in [-0.2, -0.15) is 0 Å². The maximum Gasteiger partial charge on any atom is 0.237 e. The van der Waals surface area contributed by atoms with Crippen LogP contribution in [0.3, 0.4) is 0 Å². The van der Waals surface area contributed by atoms with Crippen molar-refractivity contribution in [1.82, 2.24) is 0 Å². The first-order chi connectivity index (χ1) is 10.9. The molecule has 0 spiro atoms. The molecule has 23 heavy (non-hydrogen) atoms. The lowest BCUT2D eigenvalue weighted by atomic mass is 10.1. The molecule has 1 amide bonds. The van der Waals surface area contributed by atoms with Crippen LogP contribution < -0.4 is 10.2 Å². The number of thioether (sulfide) groups is 1. The highest BCUT2D eigenvalue weighted by Gasteiger charge is 2.15. The molecule has 4 heteroatoms. The van der Waals surface area contributed by atoms with Crippen molar-refractivity contribution >= 4 is 29.0 Å². The standard InChI is InChI=1S/C19H24N2OS/c1-13-6-11-18(12-14(13)2)23-15(3)19(22)20-16-7-9-17(10-8-16)21(4)5/h6-12,15H,1-5H3,(H,20,22). The van der Waals surface area contributed by atoms with Crippen LogP contribution in [-0.4, -0.2) is 25.3 Å². The number of benzene rings is 2. The maximum absolute atomic E-state index is 12.3. The van der Waals surface area contributed by atoms with Crippen molar-refractivity contribution in [3.05, 3.63) is 53.6 Å². The van der Waals surface area contributed by atoms with Gasteiger partial charge in [0.1, 0.15) is 0 Å². The molecule has 1 unspecified atom stereocenters. The molecule has 0 aliphatic rings. The number of nitrogens with one attached hydrogen (secondary N) is 1. The van der Waals surface area contributed by atoms with Crippen LogP contribution in [0.2, 0.25) is 0 Å². The monoisotopic (exact) mass is 328 g/mol. The summed E-state index contributed by atoms with van der Waals surface area (Å²) in [6, 6.07) is 14.2. The van der Waals surface area contributed by atoms with Crippen molar-refractivity contribution in [1.29, 1.82) is 0 Å². The minimum Gasteiger partial charge on any atom is -0.378 e. The molecule has 0 saturated heterocycles. The third kappa shape index (κ3) is 4.76. The van der Waals surface area contributed by atoms with E-state index >= 15 is 0 Å². The van der Waals surface area contributed by atoms with Crippen LogP contribution >= 0.6 is 11.8 Å². The van der Waals surface area contributed by atoms with E-state index in [0.29, 0.717) is 0 Å². The number of amides is 1. The van der Waals surface area contributed by atoms with Gasteiger partial charge in [0.15, 0.2) is 0 Å². The summed E-state index contributed by atoms with van der Waals surface area (Å²) in [6.07, 6.45) is 0. The van der Waals surface area contributed by atoms with E-state index < -0.39 is 0 Å². The number of hydrogen-bond donors (Lipinski definition) is 1. The molecule has 2 aromatic carbocycles. The van der Waals surface area contributed by atoms with Gasteiger partial charge in [-0.1, -0.05) is 6.07 Å². The van der Waals surface area contributed by atoms with Gasteiger partial charge in [-0.15, -0.1) is 11.8 Å². The fraction of sp³-hybridized carbons (Fsp3) is 0.316. The minimum atomic E-state index is -0.148. The van der Waals surface area contributed by atoms with Crippen molar-refractivity contribution in [3.8, 4) is 0 Å². The van der Waals surface area contributed by atoms with E-state index in [1.165, 1.54) is 11.1 Å². The molecule has 0 saturated carbocycles. The summed E-state index contributed by atoms with van der Waals surface area (Å²) >= 11 is 1.58. The summed E-state index contributed by atoms with van der Waals surface area (Å²) in [4.78, 5) is 15.5. The second-order valence-electron chi connectivity index (χ2n) is 5.94. The van der Waals surface area contributed by atoms with E-state index in [1.807, 2.05) is 50.2 Å². The molecule has 0 aromatic heterocycles. The van der Waals surface area contributed by atoms with Gasteiger partial charge in [-0.05, 0) is 68.3 Å². The van der Waals surface area contributed by atoms with Crippen molar-refractivity contribution in [2.45, 2.75) is 30.9 Å². The smallest absolute Gasteiger partial charge is 0.237 e. The summed E-state index contributed by atoms with van der Waals surface area (Å²) in [5.41, 5.74) is 4.46. The largest absolute Gasteiger partial charge is 0.378 e. The van der Waals surface area contributed by atoms with E-state index in [-0.39, 0.29) is 11.2 Å². The van der Waals surface area contributed by atoms with Crippen molar-refractivity contribution < 1.29 is 4.79 Å². The molecule has 0 aliphatic heterocycles. The quantitative estimate of drug-likeness (QED) is 0.821. The molecular weight excluding hydrogens is 304 g/mol. The Kier molecular flexibility index (Phi) is 5.72. The van der Waals surface area contributed by atoms with E-state index in [0.717, 1.165) is 16.3 Å². The maximum atomic E-state index is 12.3. The lowest BCUT2D eigenvalue weighted by molar-refractivity contribution is -0.115. The van der Waals surface area contributed by atoms with Crippen molar-refractivity contribution in [3.63, 3.8) is 0 Å². The van der Waals surface area contributed by atoms with E-state index in [4.69, 9.17) is 0 Å². The van der Waals surface area contributed by atoms with E-state index in [2.05, 4.69) is 37.4 Å². The second kappa shape index (κ2) is 7.55. The average molecular weight is 328 g/mol. The Hall–Kier alpha value is -1.94. The van der Waals surface area contributed by atoms with Gasteiger partial charge in [-0.3, -0.25) is 4.79 Å². The van der Waals surface area contributed by atoms with Gasteiger partial charge in [0.2, 0.25) is 5.91 Å². The van der Waals surface area contributed by atoms with Crippen LogP contribution in [0, 0.1) is 13.8 Å². The predicted octanol–water partition coefficient (Wildman–Crippen LogP) is 4.49. The summed E-state index contributed by atoms with van der Waals surface area (Å²) in [6.45, 7) is 6.12. The molecule has 1 N–H and O–H groups in total. The van der Waals surface area contributed by atoms with E-state index in [9.17, 15) is 4.79 Å². The minimum absolute atomic E-state index is 0.0193. The molecule has 0 aliphatic carbocycles. The normalized spacial score (nSPS) is 11.9. The van der Waals surface area contributed by atoms with Gasteiger partial charge in [0.25, 0.3) is 0 Å². The Labute approximate surface area is 143 Å². The lowest BCUT2D eigenvalue weighted by Crippen LogP contribution is -2.22. The average Bonchev–Trinajstić information content (AvgIpc) is 2.51. The Bertz CT molecular complexity index is 680. The van der Waals surface area contributed by atoms with Gasteiger partial charge in [-0.25, -0.2) is 0 Å². The molecule has 0 fully saturated rings. The zero-order valence-corrected chi connectivity index (χ0v) is 15.2. The fourth-order valence-electron chi connectivity index (χ4n) is 2.13.